The van der Waals surface area contributed by atoms with Gasteiger partial charge in [-0.05, 0) is 36.5 Å². The second-order valence-corrected chi connectivity index (χ2v) is 7.78. The fraction of sp³-hybridized carbons (Fsp3) is 0.476. The van der Waals surface area contributed by atoms with Gasteiger partial charge in [0.15, 0.2) is 0 Å². The lowest BCUT2D eigenvalue weighted by molar-refractivity contribution is 0.396. The van der Waals surface area contributed by atoms with Crippen LogP contribution in [0.3, 0.4) is 0 Å². The molecule has 1 fully saturated rings. The Labute approximate surface area is 155 Å². The summed E-state index contributed by atoms with van der Waals surface area (Å²) in [5, 5.41) is 5.82. The van der Waals surface area contributed by atoms with Crippen LogP contribution in [-0.2, 0) is 7.05 Å². The van der Waals surface area contributed by atoms with E-state index >= 15 is 0 Å². The standard InChI is InChI=1S/C21H27N5/c1-14(2)21-22-10-8-20(23-21)26-11-9-16(26)12-15(3)17-6-5-7-19-18(17)13-25(4)24-19/h5-8,10,13-16H,9,11-12H2,1-4H3. The van der Waals surface area contributed by atoms with Gasteiger partial charge in [-0.25, -0.2) is 9.97 Å². The van der Waals surface area contributed by atoms with Gasteiger partial charge >= 0.3 is 0 Å². The summed E-state index contributed by atoms with van der Waals surface area (Å²) in [5.74, 6) is 2.85. The molecule has 5 heteroatoms. The molecule has 0 spiro atoms. The Morgan fingerprint density at radius 1 is 1.19 bits per heavy atom. The first-order valence-electron chi connectivity index (χ1n) is 9.54. The highest BCUT2D eigenvalue weighted by molar-refractivity contribution is 5.82. The normalized spacial score (nSPS) is 18.3. The van der Waals surface area contributed by atoms with Gasteiger partial charge in [0, 0.05) is 43.3 Å². The summed E-state index contributed by atoms with van der Waals surface area (Å²) in [6.45, 7) is 7.70. The van der Waals surface area contributed by atoms with Crippen LogP contribution in [0.15, 0.2) is 36.7 Å². The van der Waals surface area contributed by atoms with Gasteiger partial charge in [-0.1, -0.05) is 32.9 Å². The van der Waals surface area contributed by atoms with E-state index in [9.17, 15) is 0 Å². The minimum absolute atomic E-state index is 0.358. The van der Waals surface area contributed by atoms with E-state index < -0.39 is 0 Å². The molecule has 0 bridgehead atoms. The molecule has 2 aromatic heterocycles. The predicted molar refractivity (Wildman–Crippen MR) is 106 cm³/mol. The zero-order chi connectivity index (χ0) is 18.3. The summed E-state index contributed by atoms with van der Waals surface area (Å²) in [7, 11) is 1.99. The van der Waals surface area contributed by atoms with E-state index in [-0.39, 0.29) is 0 Å². The Balaban J connectivity index is 1.53. The van der Waals surface area contributed by atoms with E-state index in [0.717, 1.165) is 30.1 Å². The topological polar surface area (TPSA) is 46.8 Å². The maximum atomic E-state index is 4.78. The van der Waals surface area contributed by atoms with Crippen LogP contribution in [0.5, 0.6) is 0 Å². The van der Waals surface area contributed by atoms with Crippen molar-refractivity contribution in [2.45, 2.75) is 51.5 Å². The largest absolute Gasteiger partial charge is 0.353 e. The SMILES string of the molecule is CC(C)c1nccc(N2CCC2CC(C)c2cccc3nn(C)cc23)n1. The van der Waals surface area contributed by atoms with Crippen molar-refractivity contribution in [2.24, 2.45) is 7.05 Å². The Kier molecular flexibility index (Phi) is 4.39. The van der Waals surface area contributed by atoms with Gasteiger partial charge in [-0.3, -0.25) is 4.68 Å². The first-order chi connectivity index (χ1) is 12.5. The Bertz CT molecular complexity index is 914. The molecule has 0 aliphatic carbocycles. The zero-order valence-corrected chi connectivity index (χ0v) is 16.1. The number of hydrogen-bond acceptors (Lipinski definition) is 4. The van der Waals surface area contributed by atoms with Crippen molar-refractivity contribution in [3.05, 3.63) is 48.0 Å². The molecule has 4 rings (SSSR count). The summed E-state index contributed by atoms with van der Waals surface area (Å²) in [6, 6.07) is 9.06. The lowest BCUT2D eigenvalue weighted by Crippen LogP contribution is -2.49. The number of hydrogen-bond donors (Lipinski definition) is 0. The van der Waals surface area contributed by atoms with Gasteiger partial charge in [-0.15, -0.1) is 0 Å². The smallest absolute Gasteiger partial charge is 0.133 e. The molecule has 2 unspecified atom stereocenters. The second-order valence-electron chi connectivity index (χ2n) is 7.78. The van der Waals surface area contributed by atoms with E-state index in [0.29, 0.717) is 17.9 Å². The predicted octanol–water partition coefficient (Wildman–Crippen LogP) is 4.26. The van der Waals surface area contributed by atoms with Crippen molar-refractivity contribution in [3.63, 3.8) is 0 Å². The molecule has 3 aromatic rings. The fourth-order valence-electron chi connectivity index (χ4n) is 3.94. The van der Waals surface area contributed by atoms with Gasteiger partial charge in [0.25, 0.3) is 0 Å². The molecule has 1 saturated heterocycles. The molecule has 0 amide bonds. The molecule has 1 aliphatic heterocycles. The number of aromatic nitrogens is 4. The molecule has 2 atom stereocenters. The van der Waals surface area contributed by atoms with Crippen LogP contribution in [0.4, 0.5) is 5.82 Å². The van der Waals surface area contributed by atoms with Crippen molar-refractivity contribution < 1.29 is 0 Å². The maximum absolute atomic E-state index is 4.78. The van der Waals surface area contributed by atoms with Crippen LogP contribution < -0.4 is 4.90 Å². The number of nitrogens with zero attached hydrogens (tertiary/aromatic N) is 5. The van der Waals surface area contributed by atoms with Crippen molar-refractivity contribution in [1.29, 1.82) is 0 Å². The molecule has 0 saturated carbocycles. The first kappa shape index (κ1) is 17.0. The van der Waals surface area contributed by atoms with E-state index in [1.54, 1.807) is 0 Å². The Morgan fingerprint density at radius 3 is 2.77 bits per heavy atom. The van der Waals surface area contributed by atoms with E-state index in [1.807, 2.05) is 24.0 Å². The summed E-state index contributed by atoms with van der Waals surface area (Å²) >= 11 is 0. The van der Waals surface area contributed by atoms with Gasteiger partial charge in [0.1, 0.15) is 11.6 Å². The molecule has 3 heterocycles. The van der Waals surface area contributed by atoms with Gasteiger partial charge in [-0.2, -0.15) is 5.10 Å². The van der Waals surface area contributed by atoms with Crippen LogP contribution in [-0.4, -0.2) is 32.3 Å². The summed E-state index contributed by atoms with van der Waals surface area (Å²) < 4.78 is 1.91. The van der Waals surface area contributed by atoms with E-state index in [1.165, 1.54) is 17.4 Å². The number of anilines is 1. The average molecular weight is 349 g/mol. The lowest BCUT2D eigenvalue weighted by Gasteiger charge is -2.43. The molecule has 0 N–H and O–H groups in total. The summed E-state index contributed by atoms with van der Waals surface area (Å²) in [6.07, 6.45) is 6.40. The molecule has 1 aromatic carbocycles. The van der Waals surface area contributed by atoms with Crippen LogP contribution in [0.25, 0.3) is 10.9 Å². The molecule has 136 valence electrons. The van der Waals surface area contributed by atoms with E-state index in [2.05, 4.69) is 60.1 Å². The Morgan fingerprint density at radius 2 is 2.04 bits per heavy atom. The minimum Gasteiger partial charge on any atom is -0.353 e. The molecule has 5 nitrogen and oxygen atoms in total. The molecule has 1 aliphatic rings. The zero-order valence-electron chi connectivity index (χ0n) is 16.1. The molecular weight excluding hydrogens is 322 g/mol. The monoisotopic (exact) mass is 349 g/mol. The van der Waals surface area contributed by atoms with E-state index in [4.69, 9.17) is 4.98 Å². The highest BCUT2D eigenvalue weighted by atomic mass is 15.3. The second kappa shape index (κ2) is 6.71. The quantitative estimate of drug-likeness (QED) is 0.690. The molecule has 0 radical (unpaired) electrons. The number of fused-ring (bicyclic) bond motifs is 1. The van der Waals surface area contributed by atoms with Crippen LogP contribution in [0, 0.1) is 0 Å². The van der Waals surface area contributed by atoms with Crippen LogP contribution in [0.1, 0.15) is 56.8 Å². The third kappa shape index (κ3) is 3.06. The number of benzene rings is 1. The lowest BCUT2D eigenvalue weighted by atomic mass is 9.87. The van der Waals surface area contributed by atoms with Gasteiger partial charge in [0.2, 0.25) is 0 Å². The molecular formula is C21H27N5. The molecule has 26 heavy (non-hydrogen) atoms. The van der Waals surface area contributed by atoms with Crippen molar-refractivity contribution in [1.82, 2.24) is 19.7 Å². The van der Waals surface area contributed by atoms with Crippen molar-refractivity contribution in [2.75, 3.05) is 11.4 Å². The third-order valence-electron chi connectivity index (χ3n) is 5.47. The number of rotatable bonds is 5. The third-order valence-corrected chi connectivity index (χ3v) is 5.47. The highest BCUT2D eigenvalue weighted by Crippen LogP contribution is 2.34. The average Bonchev–Trinajstić information content (AvgIpc) is 2.98. The highest BCUT2D eigenvalue weighted by Gasteiger charge is 2.31. The maximum Gasteiger partial charge on any atom is 0.133 e. The van der Waals surface area contributed by atoms with Crippen molar-refractivity contribution >= 4 is 16.7 Å². The minimum atomic E-state index is 0.358. The summed E-state index contributed by atoms with van der Waals surface area (Å²) in [4.78, 5) is 11.6. The Hall–Kier alpha value is -2.43. The fourth-order valence-corrected chi connectivity index (χ4v) is 3.94. The van der Waals surface area contributed by atoms with Crippen LogP contribution >= 0.6 is 0 Å². The van der Waals surface area contributed by atoms with Gasteiger partial charge in [0.05, 0.1) is 5.52 Å². The van der Waals surface area contributed by atoms with Crippen LogP contribution in [0.2, 0.25) is 0 Å². The van der Waals surface area contributed by atoms with Gasteiger partial charge < -0.3 is 4.90 Å². The first-order valence-corrected chi connectivity index (χ1v) is 9.54. The van der Waals surface area contributed by atoms with Crippen molar-refractivity contribution in [3.8, 4) is 0 Å². The summed E-state index contributed by atoms with van der Waals surface area (Å²) in [5.41, 5.74) is 2.48. The number of aryl methyl sites for hydroxylation is 1.